The fourth-order valence-electron chi connectivity index (χ4n) is 3.32. The minimum atomic E-state index is -0.496. The van der Waals surface area contributed by atoms with Crippen molar-refractivity contribution < 1.29 is 19.1 Å². The first-order valence-electron chi connectivity index (χ1n) is 8.85. The quantitative estimate of drug-likeness (QED) is 0.681. The normalized spacial score (nSPS) is 12.8. The first-order valence-corrected chi connectivity index (χ1v) is 8.85. The number of primary amides is 1. The zero-order valence-electron chi connectivity index (χ0n) is 16.0. The third-order valence-corrected chi connectivity index (χ3v) is 4.70. The molecule has 2 N–H and O–H groups in total. The average molecular weight is 393 g/mol. The Morgan fingerprint density at radius 2 is 2.00 bits per heavy atom. The molecule has 148 valence electrons. The van der Waals surface area contributed by atoms with Crippen molar-refractivity contribution in [1.29, 1.82) is 0 Å². The van der Waals surface area contributed by atoms with Gasteiger partial charge in [-0.2, -0.15) is 5.10 Å². The van der Waals surface area contributed by atoms with Crippen molar-refractivity contribution in [2.75, 3.05) is 19.1 Å². The Labute approximate surface area is 166 Å². The molecule has 9 nitrogen and oxygen atoms in total. The molecule has 0 atom stereocenters. The third kappa shape index (κ3) is 3.38. The van der Waals surface area contributed by atoms with E-state index in [0.29, 0.717) is 29.6 Å². The van der Waals surface area contributed by atoms with Gasteiger partial charge >= 0.3 is 0 Å². The summed E-state index contributed by atoms with van der Waals surface area (Å²) in [4.78, 5) is 29.7. The highest BCUT2D eigenvalue weighted by Crippen LogP contribution is 2.33. The molecule has 4 rings (SSSR count). The van der Waals surface area contributed by atoms with Gasteiger partial charge in [-0.1, -0.05) is 6.07 Å². The molecule has 0 unspecified atom stereocenters. The number of amides is 2. The molecular formula is C20H19N5O4. The smallest absolute Gasteiger partial charge is 0.260 e. The van der Waals surface area contributed by atoms with E-state index in [2.05, 4.69) is 10.1 Å². The predicted octanol–water partition coefficient (Wildman–Crippen LogP) is 1.61. The Bertz CT molecular complexity index is 1110. The molecule has 0 fully saturated rings. The lowest BCUT2D eigenvalue weighted by Gasteiger charge is -2.11. The number of nitrogens with two attached hydrogens (primary N) is 1. The van der Waals surface area contributed by atoms with E-state index in [1.54, 1.807) is 36.5 Å². The Hall–Kier alpha value is -3.88. The molecule has 0 saturated heterocycles. The molecule has 0 bridgehead atoms. The summed E-state index contributed by atoms with van der Waals surface area (Å²) < 4.78 is 11.9. The molecule has 29 heavy (non-hydrogen) atoms. The van der Waals surface area contributed by atoms with Crippen LogP contribution in [-0.4, -0.2) is 40.8 Å². The molecule has 1 aliphatic heterocycles. The van der Waals surface area contributed by atoms with Crippen LogP contribution >= 0.6 is 0 Å². The van der Waals surface area contributed by atoms with Gasteiger partial charge in [-0.05, 0) is 29.3 Å². The second-order valence-electron chi connectivity index (χ2n) is 6.54. The summed E-state index contributed by atoms with van der Waals surface area (Å²) in [7, 11) is 3.09. The Balaban J connectivity index is 1.62. The standard InChI is InChI=1S/C20H19N5O4/c1-28-16-8-13(9-22-19(16)29-2)12-3-4-15-14(7-12)10-25(20(15)27)18-5-6-24(23-18)11-17(21)26/h3-9H,10-11H2,1-2H3,(H2,21,26). The number of pyridine rings is 1. The maximum absolute atomic E-state index is 12.8. The van der Waals surface area contributed by atoms with Crippen LogP contribution < -0.4 is 20.1 Å². The van der Waals surface area contributed by atoms with E-state index in [9.17, 15) is 9.59 Å². The molecule has 2 aromatic heterocycles. The van der Waals surface area contributed by atoms with Crippen LogP contribution in [0.4, 0.5) is 5.82 Å². The molecule has 9 heteroatoms. The van der Waals surface area contributed by atoms with Gasteiger partial charge in [-0.15, -0.1) is 0 Å². The number of fused-ring (bicyclic) bond motifs is 1. The topological polar surface area (TPSA) is 113 Å². The number of hydrogen-bond acceptors (Lipinski definition) is 6. The summed E-state index contributed by atoms with van der Waals surface area (Å²) in [6.07, 6.45) is 3.32. The molecule has 0 radical (unpaired) electrons. The summed E-state index contributed by atoms with van der Waals surface area (Å²) in [6.45, 7) is 0.349. The van der Waals surface area contributed by atoms with E-state index >= 15 is 0 Å². The van der Waals surface area contributed by atoms with Gasteiger partial charge in [-0.3, -0.25) is 19.2 Å². The van der Waals surface area contributed by atoms with Crippen LogP contribution in [0.3, 0.4) is 0 Å². The average Bonchev–Trinajstić information content (AvgIpc) is 3.30. The largest absolute Gasteiger partial charge is 0.491 e. The number of hydrogen-bond donors (Lipinski definition) is 1. The second-order valence-corrected chi connectivity index (χ2v) is 6.54. The highest BCUT2D eigenvalue weighted by atomic mass is 16.5. The van der Waals surface area contributed by atoms with Gasteiger partial charge < -0.3 is 15.2 Å². The van der Waals surface area contributed by atoms with Gasteiger partial charge in [0.25, 0.3) is 11.8 Å². The van der Waals surface area contributed by atoms with Crippen molar-refractivity contribution in [3.8, 4) is 22.8 Å². The van der Waals surface area contributed by atoms with Gasteiger partial charge in [0.15, 0.2) is 11.6 Å². The highest BCUT2D eigenvalue weighted by Gasteiger charge is 2.30. The van der Waals surface area contributed by atoms with Crippen LogP contribution in [-0.2, 0) is 17.9 Å². The molecule has 0 spiro atoms. The zero-order chi connectivity index (χ0) is 20.5. The molecule has 3 aromatic rings. The minimum absolute atomic E-state index is 0.0363. The van der Waals surface area contributed by atoms with E-state index in [1.807, 2.05) is 18.2 Å². The molecule has 3 heterocycles. The number of carbonyl (C=O) groups excluding carboxylic acids is 2. The van der Waals surface area contributed by atoms with Crippen molar-refractivity contribution >= 4 is 17.6 Å². The summed E-state index contributed by atoms with van der Waals surface area (Å²) in [5.41, 5.74) is 8.45. The maximum Gasteiger partial charge on any atom is 0.260 e. The Morgan fingerprint density at radius 1 is 1.17 bits per heavy atom. The summed E-state index contributed by atoms with van der Waals surface area (Å²) in [5, 5.41) is 4.27. The van der Waals surface area contributed by atoms with Crippen LogP contribution in [0, 0.1) is 0 Å². The van der Waals surface area contributed by atoms with Crippen LogP contribution in [0.2, 0.25) is 0 Å². The molecule has 0 saturated carbocycles. The van der Waals surface area contributed by atoms with Crippen LogP contribution in [0.25, 0.3) is 11.1 Å². The van der Waals surface area contributed by atoms with Gasteiger partial charge in [-0.25, -0.2) is 4.98 Å². The lowest BCUT2D eigenvalue weighted by molar-refractivity contribution is -0.118. The van der Waals surface area contributed by atoms with E-state index in [-0.39, 0.29) is 12.5 Å². The Morgan fingerprint density at radius 3 is 2.72 bits per heavy atom. The van der Waals surface area contributed by atoms with Gasteiger partial charge in [0.2, 0.25) is 5.91 Å². The summed E-state index contributed by atoms with van der Waals surface area (Å²) in [6, 6.07) is 9.15. The molecule has 2 amide bonds. The number of carbonyl (C=O) groups is 2. The van der Waals surface area contributed by atoms with Crippen molar-refractivity contribution in [2.24, 2.45) is 5.73 Å². The highest BCUT2D eigenvalue weighted by molar-refractivity contribution is 6.09. The SMILES string of the molecule is COc1cc(-c2ccc3c(c2)CN(c2ccn(CC(N)=O)n2)C3=O)cnc1OC. The first-order chi connectivity index (χ1) is 14.0. The minimum Gasteiger partial charge on any atom is -0.491 e. The lowest BCUT2D eigenvalue weighted by Crippen LogP contribution is -2.24. The predicted molar refractivity (Wildman–Crippen MR) is 105 cm³/mol. The van der Waals surface area contributed by atoms with Crippen molar-refractivity contribution in [3.63, 3.8) is 0 Å². The third-order valence-electron chi connectivity index (χ3n) is 4.70. The monoisotopic (exact) mass is 393 g/mol. The number of rotatable bonds is 6. The zero-order valence-corrected chi connectivity index (χ0v) is 16.0. The molecular weight excluding hydrogens is 374 g/mol. The van der Waals surface area contributed by atoms with Gasteiger partial charge in [0.05, 0.1) is 20.8 Å². The van der Waals surface area contributed by atoms with Gasteiger partial charge in [0, 0.05) is 29.6 Å². The van der Waals surface area contributed by atoms with E-state index in [0.717, 1.165) is 16.7 Å². The fourth-order valence-corrected chi connectivity index (χ4v) is 3.32. The number of aromatic nitrogens is 3. The van der Waals surface area contributed by atoms with Crippen molar-refractivity contribution in [1.82, 2.24) is 14.8 Å². The van der Waals surface area contributed by atoms with Gasteiger partial charge in [0.1, 0.15) is 6.54 Å². The molecule has 1 aromatic carbocycles. The first kappa shape index (κ1) is 18.5. The second kappa shape index (κ2) is 7.27. The maximum atomic E-state index is 12.8. The van der Waals surface area contributed by atoms with Crippen LogP contribution in [0.1, 0.15) is 15.9 Å². The van der Waals surface area contributed by atoms with E-state index < -0.39 is 5.91 Å². The van der Waals surface area contributed by atoms with E-state index in [1.165, 1.54) is 11.8 Å². The van der Waals surface area contributed by atoms with Crippen molar-refractivity contribution in [2.45, 2.75) is 13.1 Å². The van der Waals surface area contributed by atoms with Crippen LogP contribution in [0.5, 0.6) is 11.6 Å². The summed E-state index contributed by atoms with van der Waals surface area (Å²) >= 11 is 0. The fraction of sp³-hybridized carbons (Fsp3) is 0.200. The number of ether oxygens (including phenoxy) is 2. The van der Waals surface area contributed by atoms with E-state index in [4.69, 9.17) is 15.2 Å². The number of nitrogens with zero attached hydrogens (tertiary/aromatic N) is 4. The summed E-state index contributed by atoms with van der Waals surface area (Å²) in [5.74, 6) is 0.778. The molecule has 0 aliphatic carbocycles. The number of methoxy groups -OCH3 is 2. The van der Waals surface area contributed by atoms with Crippen molar-refractivity contribution in [3.05, 3.63) is 53.9 Å². The van der Waals surface area contributed by atoms with Crippen LogP contribution in [0.15, 0.2) is 42.7 Å². The Kier molecular flexibility index (Phi) is 4.63. The lowest BCUT2D eigenvalue weighted by atomic mass is 10.0. The number of anilines is 1. The number of benzene rings is 1. The molecule has 1 aliphatic rings.